The molecule has 230 valence electrons. The van der Waals surface area contributed by atoms with Crippen LogP contribution in [0.5, 0.6) is 5.75 Å². The number of carbonyl (C=O) groups is 1. The second kappa shape index (κ2) is 14.3. The molecule has 1 amide bonds. The van der Waals surface area contributed by atoms with E-state index in [1.165, 1.54) is 16.0 Å². The number of aliphatic hydroxyl groups is 1. The lowest BCUT2D eigenvalue weighted by Gasteiger charge is -2.28. The number of aliphatic hydroxyl groups excluding tert-OH is 1. The Morgan fingerprint density at radius 3 is 2.60 bits per heavy atom. The number of likely N-dealkylation sites (tertiary alicyclic amines) is 1. The van der Waals surface area contributed by atoms with Crippen LogP contribution in [0.2, 0.25) is 10.0 Å². The van der Waals surface area contributed by atoms with Gasteiger partial charge in [-0.15, -0.1) is 0 Å². The molecule has 2 heterocycles. The minimum atomic E-state index is -4.65. The molecule has 2 aromatic carbocycles. The summed E-state index contributed by atoms with van der Waals surface area (Å²) in [6.07, 6.45) is -0.729. The predicted octanol–water partition coefficient (Wildman–Crippen LogP) is 4.47. The van der Waals surface area contributed by atoms with Gasteiger partial charge in [0.25, 0.3) is 0 Å². The van der Waals surface area contributed by atoms with Gasteiger partial charge in [-0.2, -0.15) is 23.5 Å². The van der Waals surface area contributed by atoms with Crippen LogP contribution in [0, 0.1) is 11.5 Å². The van der Waals surface area contributed by atoms with Crippen molar-refractivity contribution >= 4 is 46.5 Å². The Balaban J connectivity index is 1.74. The first kappa shape index (κ1) is 32.3. The number of carbonyl (C=O) groups excluding carboxylic acids is 1. The van der Waals surface area contributed by atoms with Gasteiger partial charge in [0.05, 0.1) is 33.9 Å². The van der Waals surface area contributed by atoms with Gasteiger partial charge >= 0.3 is 6.18 Å². The number of ether oxygens (including phenoxy) is 1. The van der Waals surface area contributed by atoms with Gasteiger partial charge in [-0.1, -0.05) is 29.3 Å². The van der Waals surface area contributed by atoms with E-state index in [9.17, 15) is 28.3 Å². The van der Waals surface area contributed by atoms with Crippen LogP contribution in [0.1, 0.15) is 30.9 Å². The lowest BCUT2D eigenvalue weighted by atomic mass is 10.0. The van der Waals surface area contributed by atoms with Gasteiger partial charge in [-0.3, -0.25) is 15.0 Å². The van der Waals surface area contributed by atoms with E-state index in [0.717, 1.165) is 38.1 Å². The minimum Gasteiger partial charge on any atom is -0.490 e. The number of guanidine groups is 1. The van der Waals surface area contributed by atoms with Gasteiger partial charge in [-0.25, -0.2) is 10.0 Å². The number of rotatable bonds is 9. The Kier molecular flexibility index (Phi) is 10.7. The topological polar surface area (TPSA) is 117 Å². The molecule has 2 N–H and O–H groups in total. The summed E-state index contributed by atoms with van der Waals surface area (Å²) in [5.41, 5.74) is -0.254. The molecule has 0 saturated carbocycles. The summed E-state index contributed by atoms with van der Waals surface area (Å²) in [5.74, 6) is -0.668. The van der Waals surface area contributed by atoms with E-state index in [4.69, 9.17) is 27.9 Å². The summed E-state index contributed by atoms with van der Waals surface area (Å²) in [4.78, 5) is 20.6. The highest BCUT2D eigenvalue weighted by Crippen LogP contribution is 2.37. The van der Waals surface area contributed by atoms with Crippen LogP contribution in [0.15, 0.2) is 46.5 Å². The fourth-order valence-electron chi connectivity index (χ4n) is 4.94. The number of hydrazone groups is 1. The Morgan fingerprint density at radius 2 is 1.98 bits per heavy atom. The van der Waals surface area contributed by atoms with Gasteiger partial charge in [-0.05, 0) is 63.2 Å². The van der Waals surface area contributed by atoms with Crippen LogP contribution in [0.4, 0.5) is 18.9 Å². The van der Waals surface area contributed by atoms with E-state index >= 15 is 0 Å². The van der Waals surface area contributed by atoms with Crippen molar-refractivity contribution in [1.29, 1.82) is 5.26 Å². The number of amides is 1. The molecule has 15 heteroatoms. The van der Waals surface area contributed by atoms with Crippen LogP contribution in [0.3, 0.4) is 0 Å². The largest absolute Gasteiger partial charge is 0.490 e. The van der Waals surface area contributed by atoms with Gasteiger partial charge in [0.1, 0.15) is 24.7 Å². The summed E-state index contributed by atoms with van der Waals surface area (Å²) >= 11 is 12.3. The van der Waals surface area contributed by atoms with E-state index in [0.29, 0.717) is 22.8 Å². The molecule has 2 aromatic rings. The lowest BCUT2D eigenvalue weighted by Crippen LogP contribution is -2.49. The SMILES string of the molecule is CCN(C(=O)CO)C1CN(C(=Nc2cc(C(F)(F)F)ccc2OCCN2CCCC2)NC#N)N=C1c1ccc(Cl)c(Cl)c1. The van der Waals surface area contributed by atoms with Gasteiger partial charge in [0, 0.05) is 18.7 Å². The number of nitriles is 1. The lowest BCUT2D eigenvalue weighted by molar-refractivity contribution is -0.137. The van der Waals surface area contributed by atoms with Crippen LogP contribution in [-0.2, 0) is 11.0 Å². The molecule has 1 fully saturated rings. The highest BCUT2D eigenvalue weighted by Gasteiger charge is 2.37. The third-order valence-electron chi connectivity index (χ3n) is 7.07. The van der Waals surface area contributed by atoms with Crippen molar-refractivity contribution in [3.05, 3.63) is 57.6 Å². The van der Waals surface area contributed by atoms with Crippen LogP contribution < -0.4 is 10.1 Å². The molecule has 1 unspecified atom stereocenters. The van der Waals surface area contributed by atoms with E-state index in [2.05, 4.69) is 20.3 Å². The summed E-state index contributed by atoms with van der Waals surface area (Å²) in [5, 5.41) is 27.9. The molecule has 43 heavy (non-hydrogen) atoms. The average molecular weight is 640 g/mol. The molecule has 0 aromatic heterocycles. The Morgan fingerprint density at radius 1 is 1.23 bits per heavy atom. The third kappa shape index (κ3) is 7.88. The van der Waals surface area contributed by atoms with Gasteiger partial charge in [0.15, 0.2) is 6.19 Å². The summed E-state index contributed by atoms with van der Waals surface area (Å²) in [6.45, 7) is 3.84. The van der Waals surface area contributed by atoms with Crippen molar-refractivity contribution in [2.75, 3.05) is 45.9 Å². The molecule has 4 rings (SSSR count). The first-order chi connectivity index (χ1) is 20.5. The molecule has 0 aliphatic carbocycles. The van der Waals surface area contributed by atoms with Gasteiger partial charge < -0.3 is 14.7 Å². The number of alkyl halides is 3. The number of benzene rings is 2. The van der Waals surface area contributed by atoms with Crippen LogP contribution >= 0.6 is 23.2 Å². The van der Waals surface area contributed by atoms with E-state index in [1.807, 2.05) is 0 Å². The molecule has 0 bridgehead atoms. The first-order valence-electron chi connectivity index (χ1n) is 13.6. The van der Waals surface area contributed by atoms with Crippen molar-refractivity contribution in [1.82, 2.24) is 20.1 Å². The fourth-order valence-corrected chi connectivity index (χ4v) is 5.24. The molecule has 2 aliphatic heterocycles. The van der Waals surface area contributed by atoms with Crippen LogP contribution in [0.25, 0.3) is 0 Å². The molecular weight excluding hydrogens is 610 g/mol. The third-order valence-corrected chi connectivity index (χ3v) is 7.81. The number of hydrogen-bond donors (Lipinski definition) is 2. The second-order valence-electron chi connectivity index (χ2n) is 9.80. The molecule has 0 radical (unpaired) electrons. The first-order valence-corrected chi connectivity index (χ1v) is 14.3. The van der Waals surface area contributed by atoms with E-state index in [-0.39, 0.29) is 42.1 Å². The minimum absolute atomic E-state index is 0.0349. The van der Waals surface area contributed by atoms with Crippen LogP contribution in [-0.4, -0.2) is 89.5 Å². The summed E-state index contributed by atoms with van der Waals surface area (Å²) < 4.78 is 46.8. The molecule has 10 nitrogen and oxygen atoms in total. The highest BCUT2D eigenvalue weighted by molar-refractivity contribution is 6.42. The zero-order valence-corrected chi connectivity index (χ0v) is 24.8. The fraction of sp³-hybridized carbons (Fsp3) is 0.429. The van der Waals surface area contributed by atoms with Crippen molar-refractivity contribution in [3.63, 3.8) is 0 Å². The zero-order valence-electron chi connectivity index (χ0n) is 23.2. The predicted molar refractivity (Wildman–Crippen MR) is 156 cm³/mol. The van der Waals surface area contributed by atoms with Crippen molar-refractivity contribution in [3.8, 4) is 11.9 Å². The quantitative estimate of drug-likeness (QED) is 0.180. The smallest absolute Gasteiger partial charge is 0.416 e. The number of halogens is 5. The second-order valence-corrected chi connectivity index (χ2v) is 10.6. The Labute approximate surface area is 256 Å². The van der Waals surface area contributed by atoms with Gasteiger partial charge in [0.2, 0.25) is 11.9 Å². The number of aliphatic imine (C=N–C) groups is 1. The standard InChI is InChI=1S/C28H30Cl2F3N7O3/c1-2-39(25(42)16-41)23-15-40(37-26(23)18-5-7-20(29)21(30)13-18)27(35-17-34)36-22-14-19(28(31,32)33)6-8-24(22)43-12-11-38-9-3-4-10-38/h5-8,13-14,23,41H,2-4,9-12,15-16H2,1H3,(H,35,36). The monoisotopic (exact) mass is 639 g/mol. The number of likely N-dealkylation sites (N-methyl/N-ethyl adjacent to an activating group) is 1. The van der Waals surface area contributed by atoms with E-state index in [1.54, 1.807) is 31.3 Å². The average Bonchev–Trinajstić information content (AvgIpc) is 3.65. The maximum Gasteiger partial charge on any atom is 0.416 e. The molecule has 2 aliphatic rings. The number of nitrogens with one attached hydrogen (secondary N) is 1. The van der Waals surface area contributed by atoms with Crippen molar-refractivity contribution in [2.24, 2.45) is 10.1 Å². The maximum atomic E-state index is 13.7. The summed E-state index contributed by atoms with van der Waals surface area (Å²) in [6, 6.07) is 6.99. The highest BCUT2D eigenvalue weighted by atomic mass is 35.5. The van der Waals surface area contributed by atoms with E-state index < -0.39 is 30.3 Å². The van der Waals surface area contributed by atoms with Crippen molar-refractivity contribution < 1.29 is 27.8 Å². The van der Waals surface area contributed by atoms with Crippen molar-refractivity contribution in [2.45, 2.75) is 32.0 Å². The molecule has 1 saturated heterocycles. The Hall–Kier alpha value is -3.57. The normalized spacial score (nSPS) is 17.5. The number of hydrogen-bond acceptors (Lipinski definition) is 7. The molecule has 0 spiro atoms. The summed E-state index contributed by atoms with van der Waals surface area (Å²) in [7, 11) is 0. The molecule has 1 atom stereocenters. The molecular formula is C28H30Cl2F3N7O3. The maximum absolute atomic E-state index is 13.7. The zero-order chi connectivity index (χ0) is 31.1. The Bertz CT molecular complexity index is 1430. The number of nitrogens with zero attached hydrogens (tertiary/aromatic N) is 6.